The minimum atomic E-state index is -1.19. The molecule has 3 rings (SSSR count). The summed E-state index contributed by atoms with van der Waals surface area (Å²) in [4.78, 5) is 14.5. The van der Waals surface area contributed by atoms with Crippen LogP contribution in [0.2, 0.25) is 0 Å². The molecule has 2 fully saturated rings. The van der Waals surface area contributed by atoms with Crippen molar-refractivity contribution in [2.45, 2.75) is 44.1 Å². The SMILES string of the molecule is O=C1N(CCCc2ccccc2)CCC[C@]1(O)CNCC1CC1. The first-order valence-electron chi connectivity index (χ1n) is 8.94. The van der Waals surface area contributed by atoms with Gasteiger partial charge in [-0.3, -0.25) is 4.79 Å². The fourth-order valence-electron chi connectivity index (χ4n) is 3.37. The molecule has 126 valence electrons. The number of aryl methyl sites for hydroxylation is 1. The van der Waals surface area contributed by atoms with Crippen LogP contribution in [-0.4, -0.2) is 47.7 Å². The normalized spacial score (nSPS) is 24.9. The Hall–Kier alpha value is -1.39. The topological polar surface area (TPSA) is 52.6 Å². The van der Waals surface area contributed by atoms with E-state index >= 15 is 0 Å². The van der Waals surface area contributed by atoms with E-state index in [2.05, 4.69) is 17.4 Å². The van der Waals surface area contributed by atoms with Crippen molar-refractivity contribution in [3.05, 3.63) is 35.9 Å². The first-order chi connectivity index (χ1) is 11.2. The maximum atomic E-state index is 12.6. The molecule has 1 aromatic rings. The highest BCUT2D eigenvalue weighted by atomic mass is 16.3. The van der Waals surface area contributed by atoms with Gasteiger partial charge in [0.1, 0.15) is 0 Å². The van der Waals surface area contributed by atoms with E-state index in [1.54, 1.807) is 0 Å². The van der Waals surface area contributed by atoms with E-state index in [1.165, 1.54) is 18.4 Å². The molecule has 2 N–H and O–H groups in total. The van der Waals surface area contributed by atoms with Crippen molar-refractivity contribution < 1.29 is 9.90 Å². The predicted molar refractivity (Wildman–Crippen MR) is 91.1 cm³/mol. The van der Waals surface area contributed by atoms with Gasteiger partial charge in [0, 0.05) is 19.6 Å². The fraction of sp³-hybridized carbons (Fsp3) is 0.632. The standard InChI is InChI=1S/C19H28N2O2/c22-18-19(23,15-20-14-17-9-10-17)11-5-13-21(18)12-4-8-16-6-2-1-3-7-16/h1-3,6-7,17,20,23H,4-5,8-15H2/t19-/m0/s1. The van der Waals surface area contributed by atoms with Crippen molar-refractivity contribution >= 4 is 5.91 Å². The predicted octanol–water partition coefficient (Wildman–Crippen LogP) is 1.97. The number of hydrogen-bond acceptors (Lipinski definition) is 3. The van der Waals surface area contributed by atoms with Gasteiger partial charge in [0.05, 0.1) is 0 Å². The van der Waals surface area contributed by atoms with Crippen molar-refractivity contribution in [3.8, 4) is 0 Å². The van der Waals surface area contributed by atoms with E-state index in [1.807, 2.05) is 23.1 Å². The van der Waals surface area contributed by atoms with Gasteiger partial charge in [-0.15, -0.1) is 0 Å². The fourth-order valence-corrected chi connectivity index (χ4v) is 3.37. The van der Waals surface area contributed by atoms with Crippen LogP contribution in [0.5, 0.6) is 0 Å². The molecule has 0 bridgehead atoms. The van der Waals surface area contributed by atoms with Gasteiger partial charge < -0.3 is 15.3 Å². The Morgan fingerprint density at radius 2 is 2.04 bits per heavy atom. The van der Waals surface area contributed by atoms with Gasteiger partial charge >= 0.3 is 0 Å². The second-order valence-corrected chi connectivity index (χ2v) is 7.09. The first-order valence-corrected chi connectivity index (χ1v) is 8.94. The molecule has 4 nitrogen and oxygen atoms in total. The molecular weight excluding hydrogens is 288 g/mol. The third-order valence-electron chi connectivity index (χ3n) is 4.99. The lowest BCUT2D eigenvalue weighted by molar-refractivity contribution is -0.156. The van der Waals surface area contributed by atoms with Crippen LogP contribution in [0.4, 0.5) is 0 Å². The first kappa shape index (κ1) is 16.5. The Kier molecular flexibility index (Phi) is 5.34. The van der Waals surface area contributed by atoms with Gasteiger partial charge in [-0.2, -0.15) is 0 Å². The maximum absolute atomic E-state index is 12.6. The maximum Gasteiger partial charge on any atom is 0.255 e. The van der Waals surface area contributed by atoms with Crippen LogP contribution in [0.15, 0.2) is 30.3 Å². The molecule has 0 spiro atoms. The molecule has 1 heterocycles. The molecule has 0 aromatic heterocycles. The van der Waals surface area contributed by atoms with E-state index in [0.717, 1.165) is 44.8 Å². The number of nitrogens with zero attached hydrogens (tertiary/aromatic N) is 1. The number of carbonyl (C=O) groups is 1. The zero-order valence-corrected chi connectivity index (χ0v) is 13.8. The van der Waals surface area contributed by atoms with Gasteiger partial charge in [0.2, 0.25) is 0 Å². The number of nitrogens with one attached hydrogen (secondary N) is 1. The molecule has 23 heavy (non-hydrogen) atoms. The van der Waals surface area contributed by atoms with Crippen molar-refractivity contribution in [2.75, 3.05) is 26.2 Å². The number of rotatable bonds is 8. The van der Waals surface area contributed by atoms with Crippen LogP contribution >= 0.6 is 0 Å². The largest absolute Gasteiger partial charge is 0.379 e. The van der Waals surface area contributed by atoms with Gasteiger partial charge in [-0.25, -0.2) is 0 Å². The van der Waals surface area contributed by atoms with E-state index in [9.17, 15) is 9.90 Å². The summed E-state index contributed by atoms with van der Waals surface area (Å²) in [6.45, 7) is 2.85. The minimum Gasteiger partial charge on any atom is -0.379 e. The van der Waals surface area contributed by atoms with Crippen LogP contribution in [0.3, 0.4) is 0 Å². The quantitative estimate of drug-likeness (QED) is 0.771. The van der Waals surface area contributed by atoms with Gasteiger partial charge in [-0.1, -0.05) is 30.3 Å². The second-order valence-electron chi connectivity index (χ2n) is 7.09. The molecular formula is C19H28N2O2. The molecule has 1 saturated heterocycles. The number of aliphatic hydroxyl groups is 1. The second kappa shape index (κ2) is 7.45. The average Bonchev–Trinajstić information content (AvgIpc) is 3.37. The summed E-state index contributed by atoms with van der Waals surface area (Å²) in [5, 5.41) is 14.0. The van der Waals surface area contributed by atoms with E-state index in [-0.39, 0.29) is 5.91 Å². The summed E-state index contributed by atoms with van der Waals surface area (Å²) in [5.41, 5.74) is 0.109. The third kappa shape index (κ3) is 4.55. The molecule has 4 heteroatoms. The Balaban J connectivity index is 1.45. The van der Waals surface area contributed by atoms with Gasteiger partial charge in [0.25, 0.3) is 5.91 Å². The lowest BCUT2D eigenvalue weighted by atomic mass is 9.91. The molecule has 1 aromatic carbocycles. The van der Waals surface area contributed by atoms with Crippen LogP contribution in [0.1, 0.15) is 37.7 Å². The highest BCUT2D eigenvalue weighted by molar-refractivity contribution is 5.86. The van der Waals surface area contributed by atoms with Crippen LogP contribution < -0.4 is 5.32 Å². The van der Waals surface area contributed by atoms with Crippen LogP contribution in [0.25, 0.3) is 0 Å². The Morgan fingerprint density at radius 3 is 2.78 bits per heavy atom. The number of piperidine rings is 1. The molecule has 1 aliphatic carbocycles. The Morgan fingerprint density at radius 1 is 1.26 bits per heavy atom. The zero-order chi connectivity index (χ0) is 16.1. The third-order valence-corrected chi connectivity index (χ3v) is 4.99. The summed E-state index contributed by atoms with van der Waals surface area (Å²) in [7, 11) is 0. The average molecular weight is 316 g/mol. The summed E-state index contributed by atoms with van der Waals surface area (Å²) in [6, 6.07) is 10.4. The van der Waals surface area contributed by atoms with E-state index in [0.29, 0.717) is 13.0 Å². The summed E-state index contributed by atoms with van der Waals surface area (Å²) >= 11 is 0. The Bertz CT molecular complexity index is 515. The monoisotopic (exact) mass is 316 g/mol. The lowest BCUT2D eigenvalue weighted by Crippen LogP contribution is -2.58. The van der Waals surface area contributed by atoms with Crippen LogP contribution in [0, 0.1) is 5.92 Å². The minimum absolute atomic E-state index is 0.0832. The van der Waals surface area contributed by atoms with Gasteiger partial charge in [-0.05, 0) is 56.6 Å². The number of carbonyl (C=O) groups excluding carboxylic acids is 1. The van der Waals surface area contributed by atoms with E-state index in [4.69, 9.17) is 0 Å². The smallest absolute Gasteiger partial charge is 0.255 e. The van der Waals surface area contributed by atoms with Crippen molar-refractivity contribution in [2.24, 2.45) is 5.92 Å². The zero-order valence-electron chi connectivity index (χ0n) is 13.8. The summed E-state index contributed by atoms with van der Waals surface area (Å²) in [6.07, 6.45) is 5.96. The van der Waals surface area contributed by atoms with Crippen LogP contribution in [-0.2, 0) is 11.2 Å². The van der Waals surface area contributed by atoms with Crippen molar-refractivity contribution in [1.82, 2.24) is 10.2 Å². The summed E-state index contributed by atoms with van der Waals surface area (Å²) < 4.78 is 0. The molecule has 1 atom stereocenters. The van der Waals surface area contributed by atoms with Crippen molar-refractivity contribution in [3.63, 3.8) is 0 Å². The number of benzene rings is 1. The molecule has 0 unspecified atom stereocenters. The van der Waals surface area contributed by atoms with Gasteiger partial charge in [0.15, 0.2) is 5.60 Å². The molecule has 0 radical (unpaired) electrons. The van der Waals surface area contributed by atoms with E-state index < -0.39 is 5.60 Å². The number of likely N-dealkylation sites (tertiary alicyclic amines) is 1. The molecule has 1 amide bonds. The number of amides is 1. The highest BCUT2D eigenvalue weighted by Crippen LogP contribution is 2.28. The number of hydrogen-bond donors (Lipinski definition) is 2. The highest BCUT2D eigenvalue weighted by Gasteiger charge is 2.41. The summed E-state index contributed by atoms with van der Waals surface area (Å²) in [5.74, 6) is 0.680. The molecule has 1 aliphatic heterocycles. The molecule has 2 aliphatic rings. The lowest BCUT2D eigenvalue weighted by Gasteiger charge is -2.38. The molecule has 1 saturated carbocycles. The Labute approximate surface area is 138 Å². The van der Waals surface area contributed by atoms with Crippen molar-refractivity contribution in [1.29, 1.82) is 0 Å².